The second kappa shape index (κ2) is 8.68. The number of carboxylic acid groups (broad SMARTS) is 1. The molecule has 0 aliphatic heterocycles. The molecule has 1 amide bonds. The van der Waals surface area contributed by atoms with Crippen LogP contribution < -0.4 is 10.1 Å². The summed E-state index contributed by atoms with van der Waals surface area (Å²) in [5, 5.41) is 12.0. The molecule has 2 N–H and O–H groups in total. The Morgan fingerprint density at radius 2 is 1.66 bits per heavy atom. The number of benzene rings is 2. The van der Waals surface area contributed by atoms with Crippen LogP contribution >= 0.6 is 0 Å². The normalized spacial score (nSPS) is 16.7. The molecule has 0 radical (unpaired) electrons. The van der Waals surface area contributed by atoms with E-state index in [2.05, 4.69) is 12.2 Å². The highest BCUT2D eigenvalue weighted by molar-refractivity contribution is 5.95. The number of carbonyl (C=O) groups excluding carboxylic acids is 1. The molecule has 0 bridgehead atoms. The number of carbonyl (C=O) groups is 2. The van der Waals surface area contributed by atoms with Gasteiger partial charge >= 0.3 is 5.97 Å². The van der Waals surface area contributed by atoms with E-state index in [0.29, 0.717) is 5.56 Å². The van der Waals surface area contributed by atoms with Crippen molar-refractivity contribution in [2.24, 2.45) is 0 Å². The van der Waals surface area contributed by atoms with E-state index in [9.17, 15) is 9.59 Å². The molecule has 29 heavy (non-hydrogen) atoms. The zero-order valence-electron chi connectivity index (χ0n) is 17.3. The van der Waals surface area contributed by atoms with Crippen molar-refractivity contribution < 1.29 is 19.4 Å². The van der Waals surface area contributed by atoms with Crippen molar-refractivity contribution >= 4 is 11.9 Å². The average Bonchev–Trinajstić information content (AvgIpc) is 2.73. The zero-order chi connectivity index (χ0) is 21.0. The summed E-state index contributed by atoms with van der Waals surface area (Å²) in [4.78, 5) is 23.9. The van der Waals surface area contributed by atoms with Gasteiger partial charge in [-0.15, -0.1) is 0 Å². The van der Waals surface area contributed by atoms with Crippen molar-refractivity contribution in [2.45, 2.75) is 57.4 Å². The highest BCUT2D eigenvalue weighted by Gasteiger charge is 2.32. The first-order valence-electron chi connectivity index (χ1n) is 10.2. The highest BCUT2D eigenvalue weighted by atomic mass is 16.5. The largest absolute Gasteiger partial charge is 0.496 e. The van der Waals surface area contributed by atoms with Gasteiger partial charge in [0, 0.05) is 11.1 Å². The molecular weight excluding hydrogens is 366 g/mol. The van der Waals surface area contributed by atoms with Gasteiger partial charge in [-0.1, -0.05) is 38.3 Å². The van der Waals surface area contributed by atoms with Gasteiger partial charge in [-0.2, -0.15) is 0 Å². The summed E-state index contributed by atoms with van der Waals surface area (Å²) in [6, 6.07) is 12.0. The summed E-state index contributed by atoms with van der Waals surface area (Å²) in [5.41, 5.74) is 2.83. The van der Waals surface area contributed by atoms with E-state index in [1.165, 1.54) is 19.3 Å². The topological polar surface area (TPSA) is 75.6 Å². The predicted octanol–water partition coefficient (Wildman–Crippen LogP) is 5.11. The monoisotopic (exact) mass is 395 g/mol. The lowest BCUT2D eigenvalue weighted by molar-refractivity contribution is 0.0696. The number of aromatic carboxylic acids is 1. The van der Waals surface area contributed by atoms with Crippen LogP contribution in [0.1, 0.15) is 83.8 Å². The van der Waals surface area contributed by atoms with Crippen molar-refractivity contribution in [2.75, 3.05) is 7.11 Å². The maximum atomic E-state index is 12.9. The van der Waals surface area contributed by atoms with Crippen molar-refractivity contribution in [1.29, 1.82) is 0 Å². The van der Waals surface area contributed by atoms with Crippen molar-refractivity contribution in [3.63, 3.8) is 0 Å². The minimum atomic E-state index is -0.963. The van der Waals surface area contributed by atoms with Crippen LogP contribution in [-0.2, 0) is 5.41 Å². The van der Waals surface area contributed by atoms with Gasteiger partial charge in [0.15, 0.2) is 0 Å². The molecule has 1 aliphatic rings. The number of carboxylic acids is 1. The molecule has 1 saturated carbocycles. The SMILES string of the molecule is COc1ccc(C(=O)NC(C)c2ccc(C(=O)O)cc2)cc1C1(C)CCCCC1. The fraction of sp³-hybridized carbons (Fsp3) is 0.417. The van der Waals surface area contributed by atoms with E-state index in [4.69, 9.17) is 9.84 Å². The van der Waals surface area contributed by atoms with E-state index >= 15 is 0 Å². The van der Waals surface area contributed by atoms with Crippen LogP contribution in [0.5, 0.6) is 5.75 Å². The third kappa shape index (κ3) is 4.61. The predicted molar refractivity (Wildman–Crippen MR) is 113 cm³/mol. The number of hydrogen-bond donors (Lipinski definition) is 2. The third-order valence-corrected chi connectivity index (χ3v) is 6.07. The van der Waals surface area contributed by atoms with E-state index in [-0.39, 0.29) is 22.9 Å². The summed E-state index contributed by atoms with van der Waals surface area (Å²) in [6.45, 7) is 4.15. The van der Waals surface area contributed by atoms with Gasteiger partial charge in [0.05, 0.1) is 18.7 Å². The fourth-order valence-corrected chi connectivity index (χ4v) is 4.20. The summed E-state index contributed by atoms with van der Waals surface area (Å²) < 4.78 is 5.60. The smallest absolute Gasteiger partial charge is 0.335 e. The van der Waals surface area contributed by atoms with Crippen LogP contribution in [0.15, 0.2) is 42.5 Å². The molecule has 5 nitrogen and oxygen atoms in total. The molecule has 1 aliphatic carbocycles. The van der Waals surface area contributed by atoms with Crippen LogP contribution in [0.2, 0.25) is 0 Å². The summed E-state index contributed by atoms with van der Waals surface area (Å²) >= 11 is 0. The lowest BCUT2D eigenvalue weighted by atomic mass is 9.70. The Bertz CT molecular complexity index is 882. The molecule has 1 atom stereocenters. The van der Waals surface area contributed by atoms with Gasteiger partial charge in [-0.25, -0.2) is 4.79 Å². The fourth-order valence-electron chi connectivity index (χ4n) is 4.20. The lowest BCUT2D eigenvalue weighted by Crippen LogP contribution is -2.29. The van der Waals surface area contributed by atoms with Crippen LogP contribution in [0, 0.1) is 0 Å². The van der Waals surface area contributed by atoms with Gasteiger partial charge in [0.1, 0.15) is 5.75 Å². The summed E-state index contributed by atoms with van der Waals surface area (Å²) in [6.07, 6.45) is 5.84. The Morgan fingerprint density at radius 1 is 1.03 bits per heavy atom. The van der Waals surface area contributed by atoms with E-state index in [1.807, 2.05) is 19.1 Å². The molecule has 2 aromatic rings. The van der Waals surface area contributed by atoms with Gasteiger partial charge in [0.25, 0.3) is 5.91 Å². The first kappa shape index (κ1) is 20.9. The minimum Gasteiger partial charge on any atom is -0.496 e. The average molecular weight is 395 g/mol. The van der Waals surface area contributed by atoms with Gasteiger partial charge in [-0.05, 0) is 61.1 Å². The van der Waals surface area contributed by atoms with Crippen LogP contribution in [-0.4, -0.2) is 24.1 Å². The molecule has 1 unspecified atom stereocenters. The van der Waals surface area contributed by atoms with Gasteiger partial charge < -0.3 is 15.2 Å². The van der Waals surface area contributed by atoms with E-state index < -0.39 is 5.97 Å². The molecule has 0 saturated heterocycles. The van der Waals surface area contributed by atoms with Crippen LogP contribution in [0.3, 0.4) is 0 Å². The maximum absolute atomic E-state index is 12.9. The number of amides is 1. The maximum Gasteiger partial charge on any atom is 0.335 e. The molecule has 5 heteroatoms. The molecule has 1 fully saturated rings. The Morgan fingerprint density at radius 3 is 2.24 bits per heavy atom. The highest BCUT2D eigenvalue weighted by Crippen LogP contribution is 2.43. The molecular formula is C24H29NO4. The molecule has 3 rings (SSSR count). The Kier molecular flexibility index (Phi) is 6.26. The van der Waals surface area contributed by atoms with Crippen molar-refractivity contribution in [3.8, 4) is 5.75 Å². The summed E-state index contributed by atoms with van der Waals surface area (Å²) in [7, 11) is 1.67. The summed E-state index contributed by atoms with van der Waals surface area (Å²) in [5.74, 6) is -0.276. The Hall–Kier alpha value is -2.82. The number of nitrogens with one attached hydrogen (secondary N) is 1. The molecule has 0 aromatic heterocycles. The number of ether oxygens (including phenoxy) is 1. The Labute approximate surface area is 172 Å². The quantitative estimate of drug-likeness (QED) is 0.713. The third-order valence-electron chi connectivity index (χ3n) is 6.07. The Balaban J connectivity index is 1.80. The number of methoxy groups -OCH3 is 1. The molecule has 2 aromatic carbocycles. The molecule has 0 heterocycles. The van der Waals surface area contributed by atoms with E-state index in [0.717, 1.165) is 29.7 Å². The second-order valence-corrected chi connectivity index (χ2v) is 8.16. The second-order valence-electron chi connectivity index (χ2n) is 8.16. The standard InChI is InChI=1S/C24H29NO4/c1-16(17-7-9-18(10-8-17)23(27)28)25-22(26)19-11-12-21(29-3)20(15-19)24(2)13-5-4-6-14-24/h7-12,15-16H,4-6,13-14H2,1-3H3,(H,25,26)(H,27,28). The number of hydrogen-bond acceptors (Lipinski definition) is 3. The first-order valence-corrected chi connectivity index (χ1v) is 10.2. The van der Waals surface area contributed by atoms with E-state index in [1.54, 1.807) is 37.4 Å². The lowest BCUT2D eigenvalue weighted by Gasteiger charge is -2.35. The first-order chi connectivity index (χ1) is 13.8. The molecule has 0 spiro atoms. The molecule has 154 valence electrons. The van der Waals surface area contributed by atoms with Crippen LogP contribution in [0.25, 0.3) is 0 Å². The van der Waals surface area contributed by atoms with Crippen LogP contribution in [0.4, 0.5) is 0 Å². The number of rotatable bonds is 6. The zero-order valence-corrected chi connectivity index (χ0v) is 17.3. The van der Waals surface area contributed by atoms with Gasteiger partial charge in [0.2, 0.25) is 0 Å². The minimum absolute atomic E-state index is 0.0260. The van der Waals surface area contributed by atoms with Crippen molar-refractivity contribution in [3.05, 3.63) is 64.7 Å². The van der Waals surface area contributed by atoms with Crippen molar-refractivity contribution in [1.82, 2.24) is 5.32 Å². The van der Waals surface area contributed by atoms with Gasteiger partial charge in [-0.3, -0.25) is 4.79 Å².